The van der Waals surface area contributed by atoms with Crippen molar-refractivity contribution in [3.8, 4) is 11.4 Å². The number of carbonyl (C=O) groups excluding carboxylic acids is 1. The highest BCUT2D eigenvalue weighted by Gasteiger charge is 2.28. The molecule has 35 heavy (non-hydrogen) atoms. The summed E-state index contributed by atoms with van der Waals surface area (Å²) in [5.41, 5.74) is 4.30. The largest absolute Gasteiger partial charge is 0.351 e. The third-order valence-corrected chi connectivity index (χ3v) is 6.72. The monoisotopic (exact) mass is 467 g/mol. The highest BCUT2D eigenvalue weighted by molar-refractivity contribution is 5.98. The summed E-state index contributed by atoms with van der Waals surface area (Å²) in [5, 5.41) is 12.4. The van der Waals surface area contributed by atoms with Crippen LogP contribution in [0.4, 0.5) is 11.5 Å². The van der Waals surface area contributed by atoms with Crippen LogP contribution in [0.2, 0.25) is 0 Å². The molecule has 9 nitrogen and oxygen atoms in total. The van der Waals surface area contributed by atoms with Gasteiger partial charge in [-0.2, -0.15) is 5.10 Å². The number of hydrogen-bond donors (Lipinski definition) is 3. The molecule has 0 bridgehead atoms. The molecule has 1 aliphatic heterocycles. The summed E-state index contributed by atoms with van der Waals surface area (Å²) in [5.74, 6) is 1.37. The molecule has 0 saturated carbocycles. The number of nitrogens with zero attached hydrogens (tertiary/aromatic N) is 5. The van der Waals surface area contributed by atoms with Gasteiger partial charge in [-0.3, -0.25) is 9.89 Å². The maximum Gasteiger partial charge on any atom is 0.270 e. The minimum atomic E-state index is 0.0551. The Bertz CT molecular complexity index is 1540. The average molecular weight is 468 g/mol. The molecule has 2 aromatic carbocycles. The molecular weight excluding hydrogens is 440 g/mol. The summed E-state index contributed by atoms with van der Waals surface area (Å²) in [6.45, 7) is 3.47. The van der Waals surface area contributed by atoms with Crippen LogP contribution < -0.4 is 5.32 Å². The number of carbonyl (C=O) groups is 1. The minimum Gasteiger partial charge on any atom is -0.351 e. The van der Waals surface area contributed by atoms with Gasteiger partial charge in [0.2, 0.25) is 0 Å². The maximum absolute atomic E-state index is 13.1. The molecule has 0 radical (unpaired) electrons. The summed E-state index contributed by atoms with van der Waals surface area (Å²) in [4.78, 5) is 27.5. The van der Waals surface area contributed by atoms with Gasteiger partial charge in [-0.1, -0.05) is 12.1 Å². The smallest absolute Gasteiger partial charge is 0.270 e. The molecule has 4 heterocycles. The van der Waals surface area contributed by atoms with Crippen molar-refractivity contribution < 1.29 is 9.28 Å². The van der Waals surface area contributed by atoms with Gasteiger partial charge in [-0.25, -0.2) is 9.97 Å². The average Bonchev–Trinajstić information content (AvgIpc) is 3.50. The first-order valence-electron chi connectivity index (χ1n) is 11.7. The lowest BCUT2D eigenvalue weighted by Gasteiger charge is -2.38. The van der Waals surface area contributed by atoms with Gasteiger partial charge in [0.1, 0.15) is 11.5 Å². The molecule has 1 saturated heterocycles. The van der Waals surface area contributed by atoms with Crippen molar-refractivity contribution in [1.29, 1.82) is 0 Å². The Morgan fingerprint density at radius 1 is 1.00 bits per heavy atom. The van der Waals surface area contributed by atoms with Gasteiger partial charge < -0.3 is 19.7 Å². The molecule has 9 heteroatoms. The fourth-order valence-electron chi connectivity index (χ4n) is 4.50. The highest BCUT2D eigenvalue weighted by Crippen LogP contribution is 2.25. The Labute approximate surface area is 202 Å². The lowest BCUT2D eigenvalue weighted by atomic mass is 10.1. The molecule has 0 aliphatic carbocycles. The summed E-state index contributed by atoms with van der Waals surface area (Å²) >= 11 is 0. The lowest BCUT2D eigenvalue weighted by Crippen LogP contribution is -2.56. The molecule has 176 valence electrons. The Morgan fingerprint density at radius 3 is 2.71 bits per heavy atom. The Balaban J connectivity index is 1.23. The zero-order chi connectivity index (χ0) is 24.0. The predicted octanol–water partition coefficient (Wildman–Crippen LogP) is 3.78. The summed E-state index contributed by atoms with van der Waals surface area (Å²) in [6, 6.07) is 15.7. The van der Waals surface area contributed by atoms with Crippen molar-refractivity contribution in [2.75, 3.05) is 45.6 Å². The van der Waals surface area contributed by atoms with E-state index in [0.29, 0.717) is 17.3 Å². The number of H-pyrrole nitrogens is 2. The van der Waals surface area contributed by atoms with Crippen LogP contribution in [0.3, 0.4) is 0 Å². The van der Waals surface area contributed by atoms with Crippen molar-refractivity contribution in [3.63, 3.8) is 0 Å². The fraction of sp³-hybridized carbons (Fsp3) is 0.231. The number of quaternary nitrogens is 1. The van der Waals surface area contributed by atoms with Gasteiger partial charge in [-0.05, 0) is 36.4 Å². The van der Waals surface area contributed by atoms with Gasteiger partial charge in [-0.15, -0.1) is 0 Å². The lowest BCUT2D eigenvalue weighted by molar-refractivity contribution is -0.894. The van der Waals surface area contributed by atoms with E-state index >= 15 is 0 Å². The van der Waals surface area contributed by atoms with Gasteiger partial charge in [0.05, 0.1) is 52.0 Å². The number of aromatic amines is 2. The second kappa shape index (κ2) is 8.21. The van der Waals surface area contributed by atoms with Crippen LogP contribution in [-0.2, 0) is 0 Å². The summed E-state index contributed by atoms with van der Waals surface area (Å²) < 4.78 is 0.950. The number of amides is 1. The van der Waals surface area contributed by atoms with Crippen LogP contribution in [0.1, 0.15) is 10.5 Å². The van der Waals surface area contributed by atoms with Crippen molar-refractivity contribution in [1.82, 2.24) is 30.0 Å². The van der Waals surface area contributed by atoms with Crippen LogP contribution >= 0.6 is 0 Å². The number of nitrogens with one attached hydrogen (secondary N) is 3. The fourth-order valence-corrected chi connectivity index (χ4v) is 4.50. The van der Waals surface area contributed by atoms with E-state index in [4.69, 9.17) is 4.98 Å². The van der Waals surface area contributed by atoms with Crippen molar-refractivity contribution in [2.24, 2.45) is 0 Å². The van der Waals surface area contributed by atoms with E-state index in [-0.39, 0.29) is 5.91 Å². The molecule has 0 atom stereocenters. The van der Waals surface area contributed by atoms with Crippen LogP contribution in [0.5, 0.6) is 0 Å². The zero-order valence-electron chi connectivity index (χ0n) is 19.7. The number of hydrogen-bond acceptors (Lipinski definition) is 5. The standard InChI is InChI=1S/C26H26N8O/c1-34(2)11-9-33(10-12-34)26(35)23-14-17-3-4-18(15-22(17)30-23)25-27-8-7-24(31-25)29-20-5-6-21-19(13-20)16-28-32-21/h3-8,13-16H,9-12H2,1-2H3,(H2-,27,28,29,30,31,32,35)/p+1. The van der Waals surface area contributed by atoms with Gasteiger partial charge in [0, 0.05) is 33.7 Å². The van der Waals surface area contributed by atoms with Crippen molar-refractivity contribution in [3.05, 3.63) is 66.6 Å². The summed E-state index contributed by atoms with van der Waals surface area (Å²) in [7, 11) is 4.41. The molecular formula is C26H27N8O+. The first-order chi connectivity index (χ1) is 16.9. The second-order valence-corrected chi connectivity index (χ2v) is 9.72. The maximum atomic E-state index is 13.1. The molecule has 6 rings (SSSR count). The molecule has 0 unspecified atom stereocenters. The number of likely N-dealkylation sites (N-methyl/N-ethyl adjacent to an activating group) is 1. The van der Waals surface area contributed by atoms with E-state index in [9.17, 15) is 4.79 Å². The minimum absolute atomic E-state index is 0.0551. The van der Waals surface area contributed by atoms with Crippen molar-refractivity contribution >= 4 is 39.2 Å². The van der Waals surface area contributed by atoms with E-state index in [1.165, 1.54) is 0 Å². The molecule has 1 amide bonds. The zero-order valence-corrected chi connectivity index (χ0v) is 19.7. The molecule has 0 spiro atoms. The number of aromatic nitrogens is 5. The Morgan fingerprint density at radius 2 is 1.86 bits per heavy atom. The SMILES string of the molecule is C[N+]1(C)CCN(C(=O)c2cc3ccc(-c4nccc(Nc5ccc6[nH]ncc6c5)n4)cc3[nH]2)CC1. The highest BCUT2D eigenvalue weighted by atomic mass is 16.2. The number of fused-ring (bicyclic) bond motifs is 2. The van der Waals surface area contributed by atoms with Gasteiger partial charge in [0.25, 0.3) is 5.91 Å². The van der Waals surface area contributed by atoms with E-state index in [1.54, 1.807) is 12.4 Å². The molecule has 3 aromatic heterocycles. The van der Waals surface area contributed by atoms with Crippen LogP contribution in [0.15, 0.2) is 60.9 Å². The van der Waals surface area contributed by atoms with Gasteiger partial charge >= 0.3 is 0 Å². The second-order valence-electron chi connectivity index (χ2n) is 9.72. The van der Waals surface area contributed by atoms with E-state index < -0.39 is 0 Å². The third-order valence-electron chi connectivity index (χ3n) is 6.72. The van der Waals surface area contributed by atoms with Crippen LogP contribution in [0, 0.1) is 0 Å². The molecule has 1 fully saturated rings. The van der Waals surface area contributed by atoms with Crippen molar-refractivity contribution in [2.45, 2.75) is 0 Å². The number of anilines is 2. The molecule has 1 aliphatic rings. The Kier molecular flexibility index (Phi) is 5.00. The van der Waals surface area contributed by atoms with E-state index in [2.05, 4.69) is 39.6 Å². The predicted molar refractivity (Wildman–Crippen MR) is 136 cm³/mol. The van der Waals surface area contributed by atoms with E-state index in [1.807, 2.05) is 53.4 Å². The molecule has 3 N–H and O–H groups in total. The number of rotatable bonds is 4. The third kappa shape index (κ3) is 4.22. The van der Waals surface area contributed by atoms with Crippen LogP contribution in [-0.4, -0.2) is 80.7 Å². The Hall–Kier alpha value is -4.24. The number of piperazine rings is 1. The number of benzene rings is 2. The topological polar surface area (TPSA) is 103 Å². The first-order valence-corrected chi connectivity index (χ1v) is 11.7. The quantitative estimate of drug-likeness (QED) is 0.349. The summed E-state index contributed by atoms with van der Waals surface area (Å²) in [6.07, 6.45) is 3.53. The normalized spacial score (nSPS) is 15.5. The first kappa shape index (κ1) is 21.3. The van der Waals surface area contributed by atoms with Gasteiger partial charge in [0.15, 0.2) is 5.82 Å². The molecule has 5 aromatic rings. The van der Waals surface area contributed by atoms with Crippen LogP contribution in [0.25, 0.3) is 33.2 Å². The van der Waals surface area contributed by atoms with E-state index in [0.717, 1.165) is 63.7 Å².